The van der Waals surface area contributed by atoms with Crippen LogP contribution in [0.1, 0.15) is 50.5 Å². The molecule has 0 fully saturated rings. The number of aromatic nitrogens is 2. The van der Waals surface area contributed by atoms with Crippen molar-refractivity contribution in [1.29, 1.82) is 0 Å². The molecular formula is C14H24N4O. The molecule has 0 atom stereocenters. The lowest BCUT2D eigenvalue weighted by atomic mass is 10.2. The first-order valence-corrected chi connectivity index (χ1v) is 6.99. The largest absolute Gasteiger partial charge is 0.368 e. The van der Waals surface area contributed by atoms with Crippen LogP contribution in [-0.4, -0.2) is 29.2 Å². The number of carbonyl (C=O) groups is 1. The van der Waals surface area contributed by atoms with E-state index in [1.165, 1.54) is 0 Å². The Bertz CT molecular complexity index is 376. The summed E-state index contributed by atoms with van der Waals surface area (Å²) in [4.78, 5) is 11.8. The Kier molecular flexibility index (Phi) is 6.85. The Morgan fingerprint density at radius 3 is 2.63 bits per heavy atom. The van der Waals surface area contributed by atoms with Crippen molar-refractivity contribution < 1.29 is 4.79 Å². The number of amides is 1. The van der Waals surface area contributed by atoms with Crippen LogP contribution >= 0.6 is 0 Å². The molecule has 0 bridgehead atoms. The quantitative estimate of drug-likeness (QED) is 0.708. The van der Waals surface area contributed by atoms with Gasteiger partial charge in [-0.25, -0.2) is 0 Å². The van der Waals surface area contributed by atoms with E-state index in [0.29, 0.717) is 24.0 Å². The van der Waals surface area contributed by atoms with Gasteiger partial charge in [-0.1, -0.05) is 33.6 Å². The first-order valence-electron chi connectivity index (χ1n) is 6.99. The van der Waals surface area contributed by atoms with Crippen LogP contribution in [0.4, 0.5) is 5.82 Å². The predicted octanol–water partition coefficient (Wildman–Crippen LogP) is 2.46. The minimum atomic E-state index is -0.154. The lowest BCUT2D eigenvalue weighted by Crippen LogP contribution is -2.25. The van der Waals surface area contributed by atoms with Crippen molar-refractivity contribution in [3.63, 3.8) is 0 Å². The molecule has 1 rings (SSSR count). The Morgan fingerprint density at radius 1 is 1.26 bits per heavy atom. The lowest BCUT2D eigenvalue weighted by molar-refractivity contribution is 0.0947. The summed E-state index contributed by atoms with van der Waals surface area (Å²) in [5.41, 5.74) is 0.367. The summed E-state index contributed by atoms with van der Waals surface area (Å²) < 4.78 is 0. The lowest BCUT2D eigenvalue weighted by Gasteiger charge is -2.08. The molecule has 5 heteroatoms. The summed E-state index contributed by atoms with van der Waals surface area (Å²) in [6, 6.07) is 3.49. The number of nitrogens with one attached hydrogen (secondary N) is 2. The minimum Gasteiger partial charge on any atom is -0.368 e. The van der Waals surface area contributed by atoms with E-state index in [9.17, 15) is 4.79 Å². The summed E-state index contributed by atoms with van der Waals surface area (Å²) in [6.45, 7) is 7.92. The van der Waals surface area contributed by atoms with Crippen LogP contribution in [0.15, 0.2) is 12.1 Å². The molecule has 1 amide bonds. The van der Waals surface area contributed by atoms with E-state index in [4.69, 9.17) is 0 Å². The third kappa shape index (κ3) is 6.18. The highest BCUT2D eigenvalue weighted by Gasteiger charge is 2.07. The summed E-state index contributed by atoms with van der Waals surface area (Å²) in [7, 11) is 0. The second-order valence-corrected chi connectivity index (χ2v) is 5.04. The molecule has 0 saturated carbocycles. The molecule has 1 aromatic heterocycles. The molecule has 1 heterocycles. The van der Waals surface area contributed by atoms with Gasteiger partial charge in [-0.05, 0) is 24.5 Å². The molecule has 0 aliphatic carbocycles. The fourth-order valence-corrected chi connectivity index (χ4v) is 1.52. The van der Waals surface area contributed by atoms with Gasteiger partial charge < -0.3 is 10.6 Å². The van der Waals surface area contributed by atoms with E-state index in [1.807, 2.05) is 0 Å². The predicted molar refractivity (Wildman–Crippen MR) is 77.2 cm³/mol. The number of hydrogen-bond acceptors (Lipinski definition) is 4. The SMILES string of the molecule is CCCCCNC(=O)c1ccc(NCC(C)C)nn1. The second kappa shape index (κ2) is 8.45. The van der Waals surface area contributed by atoms with E-state index >= 15 is 0 Å². The number of carbonyl (C=O) groups excluding carboxylic acids is 1. The maximum atomic E-state index is 11.8. The van der Waals surface area contributed by atoms with Gasteiger partial charge in [0.25, 0.3) is 5.91 Å². The van der Waals surface area contributed by atoms with Crippen LogP contribution in [0.3, 0.4) is 0 Å². The van der Waals surface area contributed by atoms with Gasteiger partial charge in [-0.15, -0.1) is 10.2 Å². The average Bonchev–Trinajstić information content (AvgIpc) is 2.41. The van der Waals surface area contributed by atoms with E-state index in [-0.39, 0.29) is 5.91 Å². The molecule has 0 aromatic carbocycles. The van der Waals surface area contributed by atoms with Gasteiger partial charge >= 0.3 is 0 Å². The molecule has 0 radical (unpaired) electrons. The number of nitrogens with zero attached hydrogens (tertiary/aromatic N) is 2. The third-order valence-electron chi connectivity index (χ3n) is 2.65. The zero-order valence-corrected chi connectivity index (χ0v) is 12.1. The molecule has 0 saturated heterocycles. The highest BCUT2D eigenvalue weighted by Crippen LogP contribution is 2.03. The molecule has 0 aliphatic rings. The molecule has 0 spiro atoms. The summed E-state index contributed by atoms with van der Waals surface area (Å²) in [6.07, 6.45) is 3.28. The molecule has 5 nitrogen and oxygen atoms in total. The maximum Gasteiger partial charge on any atom is 0.271 e. The number of anilines is 1. The summed E-state index contributed by atoms with van der Waals surface area (Å²) >= 11 is 0. The van der Waals surface area contributed by atoms with Gasteiger partial charge in [-0.3, -0.25) is 4.79 Å². The number of hydrogen-bond donors (Lipinski definition) is 2. The third-order valence-corrected chi connectivity index (χ3v) is 2.65. The van der Waals surface area contributed by atoms with Gasteiger partial charge in [-0.2, -0.15) is 0 Å². The van der Waals surface area contributed by atoms with Crippen molar-refractivity contribution in [2.24, 2.45) is 5.92 Å². The highest BCUT2D eigenvalue weighted by molar-refractivity contribution is 5.92. The molecular weight excluding hydrogens is 240 g/mol. The second-order valence-electron chi connectivity index (χ2n) is 5.04. The first kappa shape index (κ1) is 15.4. The Balaban J connectivity index is 2.40. The van der Waals surface area contributed by atoms with Crippen molar-refractivity contribution in [1.82, 2.24) is 15.5 Å². The van der Waals surface area contributed by atoms with Gasteiger partial charge in [0.15, 0.2) is 5.69 Å². The molecule has 1 aromatic rings. The smallest absolute Gasteiger partial charge is 0.271 e. The molecule has 2 N–H and O–H groups in total. The zero-order chi connectivity index (χ0) is 14.1. The maximum absolute atomic E-state index is 11.8. The van der Waals surface area contributed by atoms with Crippen molar-refractivity contribution in [3.05, 3.63) is 17.8 Å². The Morgan fingerprint density at radius 2 is 2.05 bits per heavy atom. The van der Waals surface area contributed by atoms with Crippen LogP contribution < -0.4 is 10.6 Å². The first-order chi connectivity index (χ1) is 9.13. The Labute approximate surface area is 115 Å². The number of rotatable bonds is 8. The van der Waals surface area contributed by atoms with Crippen LogP contribution in [0.2, 0.25) is 0 Å². The van der Waals surface area contributed by atoms with Gasteiger partial charge in [0.2, 0.25) is 0 Å². The summed E-state index contributed by atoms with van der Waals surface area (Å²) in [5.74, 6) is 1.10. The normalized spacial score (nSPS) is 10.5. The van der Waals surface area contributed by atoms with E-state index in [1.54, 1.807) is 12.1 Å². The van der Waals surface area contributed by atoms with Crippen molar-refractivity contribution in [2.45, 2.75) is 40.0 Å². The fraction of sp³-hybridized carbons (Fsp3) is 0.643. The topological polar surface area (TPSA) is 66.9 Å². The molecule has 0 aliphatic heterocycles. The minimum absolute atomic E-state index is 0.154. The highest BCUT2D eigenvalue weighted by atomic mass is 16.1. The average molecular weight is 264 g/mol. The van der Waals surface area contributed by atoms with Crippen LogP contribution in [-0.2, 0) is 0 Å². The van der Waals surface area contributed by atoms with Crippen molar-refractivity contribution >= 4 is 11.7 Å². The van der Waals surface area contributed by atoms with Crippen LogP contribution in [0.5, 0.6) is 0 Å². The van der Waals surface area contributed by atoms with Gasteiger partial charge in [0, 0.05) is 13.1 Å². The monoisotopic (exact) mass is 264 g/mol. The van der Waals surface area contributed by atoms with Gasteiger partial charge in [0.1, 0.15) is 5.82 Å². The standard InChI is InChI=1S/C14H24N4O/c1-4-5-6-9-15-14(19)12-7-8-13(18-17-12)16-10-11(2)3/h7-8,11H,4-6,9-10H2,1-3H3,(H,15,19)(H,16,18). The van der Waals surface area contributed by atoms with Crippen molar-refractivity contribution in [3.8, 4) is 0 Å². The fourth-order valence-electron chi connectivity index (χ4n) is 1.52. The molecule has 19 heavy (non-hydrogen) atoms. The van der Waals surface area contributed by atoms with E-state index < -0.39 is 0 Å². The van der Waals surface area contributed by atoms with E-state index in [2.05, 4.69) is 41.6 Å². The zero-order valence-electron chi connectivity index (χ0n) is 12.1. The Hall–Kier alpha value is -1.65. The molecule has 0 unspecified atom stereocenters. The van der Waals surface area contributed by atoms with Crippen LogP contribution in [0, 0.1) is 5.92 Å². The summed E-state index contributed by atoms with van der Waals surface area (Å²) in [5, 5.41) is 13.9. The van der Waals surface area contributed by atoms with Crippen molar-refractivity contribution in [2.75, 3.05) is 18.4 Å². The van der Waals surface area contributed by atoms with E-state index in [0.717, 1.165) is 25.8 Å². The molecule has 106 valence electrons. The number of unbranched alkanes of at least 4 members (excludes halogenated alkanes) is 2. The van der Waals surface area contributed by atoms with Crippen LogP contribution in [0.25, 0.3) is 0 Å². The van der Waals surface area contributed by atoms with Gasteiger partial charge in [0.05, 0.1) is 0 Å².